The van der Waals surface area contributed by atoms with E-state index in [2.05, 4.69) is 10.1 Å². The van der Waals surface area contributed by atoms with E-state index in [4.69, 9.17) is 15.2 Å². The van der Waals surface area contributed by atoms with Gasteiger partial charge in [0, 0.05) is 12.1 Å². The van der Waals surface area contributed by atoms with Gasteiger partial charge in [-0.1, -0.05) is 0 Å². The summed E-state index contributed by atoms with van der Waals surface area (Å²) in [7, 11) is 4.13. The first-order chi connectivity index (χ1) is 9.07. The molecule has 0 atom stereocenters. The van der Waals surface area contributed by atoms with Crippen molar-refractivity contribution < 1.29 is 23.8 Å². The van der Waals surface area contributed by atoms with Gasteiger partial charge in [0.05, 0.1) is 39.1 Å². The van der Waals surface area contributed by atoms with Gasteiger partial charge in [-0.2, -0.15) is 0 Å². The second kappa shape index (κ2) is 8.23. The van der Waals surface area contributed by atoms with Crippen LogP contribution in [0.2, 0.25) is 0 Å². The molecule has 0 aliphatic rings. The van der Waals surface area contributed by atoms with Gasteiger partial charge in [-0.25, -0.2) is 4.79 Å². The summed E-state index contributed by atoms with van der Waals surface area (Å²) in [4.78, 5) is 23.0. The van der Waals surface area contributed by atoms with Crippen LogP contribution in [0.15, 0.2) is 12.1 Å². The lowest BCUT2D eigenvalue weighted by molar-refractivity contribution is -0.114. The van der Waals surface area contributed by atoms with Crippen molar-refractivity contribution in [1.29, 1.82) is 0 Å². The molecule has 0 radical (unpaired) electrons. The van der Waals surface area contributed by atoms with Crippen molar-refractivity contribution in [3.05, 3.63) is 17.7 Å². The SMILES string of the molecule is COC(=O)c1cc(OC)c(OC)cc1NC(=O)CN.Cl. The molecule has 0 aromatic heterocycles. The summed E-state index contributed by atoms with van der Waals surface area (Å²) < 4.78 is 14.8. The Hall–Kier alpha value is -1.99. The molecule has 20 heavy (non-hydrogen) atoms. The molecule has 1 aromatic rings. The highest BCUT2D eigenvalue weighted by Gasteiger charge is 2.18. The van der Waals surface area contributed by atoms with Gasteiger partial charge in [-0.05, 0) is 0 Å². The molecule has 1 rings (SSSR count). The zero-order chi connectivity index (χ0) is 14.4. The summed E-state index contributed by atoms with van der Waals surface area (Å²) in [5.41, 5.74) is 5.63. The van der Waals surface area contributed by atoms with Crippen LogP contribution in [0.25, 0.3) is 0 Å². The van der Waals surface area contributed by atoms with E-state index in [1.807, 2.05) is 0 Å². The van der Waals surface area contributed by atoms with Gasteiger partial charge in [0.25, 0.3) is 0 Å². The summed E-state index contributed by atoms with van der Waals surface area (Å²) in [5.74, 6) is -0.304. The quantitative estimate of drug-likeness (QED) is 0.781. The van der Waals surface area contributed by atoms with E-state index in [1.54, 1.807) is 0 Å². The van der Waals surface area contributed by atoms with E-state index in [0.29, 0.717) is 11.5 Å². The predicted octanol–water partition coefficient (Wildman–Crippen LogP) is 0.809. The number of amides is 1. The van der Waals surface area contributed by atoms with Crippen molar-refractivity contribution in [3.8, 4) is 11.5 Å². The van der Waals surface area contributed by atoms with Crippen LogP contribution in [0, 0.1) is 0 Å². The van der Waals surface area contributed by atoms with Crippen LogP contribution in [0.4, 0.5) is 5.69 Å². The minimum absolute atomic E-state index is 0. The number of nitrogens with two attached hydrogens (primary N) is 1. The molecule has 112 valence electrons. The first-order valence-corrected chi connectivity index (χ1v) is 5.41. The fraction of sp³-hybridized carbons (Fsp3) is 0.333. The number of hydrogen-bond acceptors (Lipinski definition) is 6. The van der Waals surface area contributed by atoms with Crippen molar-refractivity contribution in [2.24, 2.45) is 5.73 Å². The molecule has 0 saturated heterocycles. The molecule has 0 unspecified atom stereocenters. The molecule has 0 fully saturated rings. The second-order valence-electron chi connectivity index (χ2n) is 3.50. The van der Waals surface area contributed by atoms with E-state index < -0.39 is 11.9 Å². The van der Waals surface area contributed by atoms with E-state index in [-0.39, 0.29) is 30.2 Å². The van der Waals surface area contributed by atoms with Crippen molar-refractivity contribution in [2.45, 2.75) is 0 Å². The van der Waals surface area contributed by atoms with Crippen molar-refractivity contribution in [3.63, 3.8) is 0 Å². The number of anilines is 1. The Balaban J connectivity index is 0.00000361. The third-order valence-corrected chi connectivity index (χ3v) is 2.39. The fourth-order valence-corrected chi connectivity index (χ4v) is 1.46. The molecule has 7 nitrogen and oxygen atoms in total. The van der Waals surface area contributed by atoms with Crippen molar-refractivity contribution in [1.82, 2.24) is 0 Å². The minimum atomic E-state index is -0.603. The Morgan fingerprint density at radius 1 is 1.15 bits per heavy atom. The monoisotopic (exact) mass is 304 g/mol. The molecule has 1 aromatic carbocycles. The lowest BCUT2D eigenvalue weighted by Gasteiger charge is -2.14. The number of halogens is 1. The Bertz CT molecular complexity index is 493. The number of methoxy groups -OCH3 is 3. The lowest BCUT2D eigenvalue weighted by atomic mass is 10.1. The van der Waals surface area contributed by atoms with Crippen LogP contribution in [0.1, 0.15) is 10.4 Å². The normalized spacial score (nSPS) is 9.20. The number of nitrogens with one attached hydrogen (secondary N) is 1. The van der Waals surface area contributed by atoms with Gasteiger partial charge in [-0.15, -0.1) is 12.4 Å². The maximum absolute atomic E-state index is 11.7. The Morgan fingerprint density at radius 3 is 2.15 bits per heavy atom. The standard InChI is InChI=1S/C12H16N2O5.ClH/c1-17-9-4-7(12(16)19-3)8(5-10(9)18-2)14-11(15)6-13;/h4-5H,6,13H2,1-3H3,(H,14,15);1H. The Morgan fingerprint density at radius 2 is 1.70 bits per heavy atom. The average molecular weight is 305 g/mol. The van der Waals surface area contributed by atoms with Gasteiger partial charge in [0.15, 0.2) is 11.5 Å². The maximum atomic E-state index is 11.7. The van der Waals surface area contributed by atoms with Crippen LogP contribution >= 0.6 is 12.4 Å². The first-order valence-electron chi connectivity index (χ1n) is 5.41. The van der Waals surface area contributed by atoms with Gasteiger partial charge in [0.2, 0.25) is 5.91 Å². The van der Waals surface area contributed by atoms with Crippen LogP contribution in [0.3, 0.4) is 0 Å². The molecule has 1 amide bonds. The Labute approximate surface area is 122 Å². The third kappa shape index (κ3) is 4.01. The highest BCUT2D eigenvalue weighted by Crippen LogP contribution is 2.33. The van der Waals surface area contributed by atoms with Crippen LogP contribution < -0.4 is 20.5 Å². The van der Waals surface area contributed by atoms with Gasteiger partial charge >= 0.3 is 5.97 Å². The van der Waals surface area contributed by atoms with Crippen LogP contribution in [0.5, 0.6) is 11.5 Å². The lowest BCUT2D eigenvalue weighted by Crippen LogP contribution is -2.23. The number of carbonyl (C=O) groups is 2. The molecule has 3 N–H and O–H groups in total. The summed E-state index contributed by atoms with van der Waals surface area (Å²) in [6.45, 7) is -0.199. The smallest absolute Gasteiger partial charge is 0.340 e. The van der Waals surface area contributed by atoms with E-state index in [1.165, 1.54) is 33.5 Å². The second-order valence-corrected chi connectivity index (χ2v) is 3.50. The van der Waals surface area contributed by atoms with E-state index >= 15 is 0 Å². The minimum Gasteiger partial charge on any atom is -0.493 e. The van der Waals surface area contributed by atoms with Crippen molar-refractivity contribution in [2.75, 3.05) is 33.2 Å². The summed E-state index contributed by atoms with van der Waals surface area (Å²) in [6.07, 6.45) is 0. The van der Waals surface area contributed by atoms with Gasteiger partial charge in [0.1, 0.15) is 0 Å². The number of benzene rings is 1. The van der Waals surface area contributed by atoms with Gasteiger partial charge < -0.3 is 25.3 Å². The molecule has 0 aliphatic heterocycles. The molecular formula is C12H17ClN2O5. The summed E-state index contributed by atoms with van der Waals surface area (Å²) in [5, 5.41) is 2.50. The zero-order valence-electron chi connectivity index (χ0n) is 11.4. The number of hydrogen-bond donors (Lipinski definition) is 2. The van der Waals surface area contributed by atoms with E-state index in [0.717, 1.165) is 0 Å². The molecular weight excluding hydrogens is 288 g/mol. The number of ether oxygens (including phenoxy) is 3. The largest absolute Gasteiger partial charge is 0.493 e. The molecule has 0 spiro atoms. The predicted molar refractivity (Wildman–Crippen MR) is 75.8 cm³/mol. The number of esters is 1. The van der Waals surface area contributed by atoms with Crippen LogP contribution in [-0.4, -0.2) is 39.8 Å². The zero-order valence-corrected chi connectivity index (χ0v) is 12.2. The maximum Gasteiger partial charge on any atom is 0.340 e. The molecule has 8 heteroatoms. The fourth-order valence-electron chi connectivity index (χ4n) is 1.46. The first kappa shape index (κ1) is 18.0. The highest BCUT2D eigenvalue weighted by atomic mass is 35.5. The summed E-state index contributed by atoms with van der Waals surface area (Å²) in [6, 6.07) is 2.90. The molecule has 0 heterocycles. The molecule has 0 bridgehead atoms. The summed E-state index contributed by atoms with van der Waals surface area (Å²) >= 11 is 0. The van der Waals surface area contributed by atoms with Gasteiger partial charge in [-0.3, -0.25) is 4.79 Å². The highest BCUT2D eigenvalue weighted by molar-refractivity contribution is 6.02. The van der Waals surface area contributed by atoms with E-state index in [9.17, 15) is 9.59 Å². The topological polar surface area (TPSA) is 99.9 Å². The third-order valence-electron chi connectivity index (χ3n) is 2.39. The average Bonchev–Trinajstić information content (AvgIpc) is 2.45. The van der Waals surface area contributed by atoms with Crippen LogP contribution in [-0.2, 0) is 9.53 Å². The molecule has 0 aliphatic carbocycles. The Kier molecular flexibility index (Phi) is 7.42. The number of carbonyl (C=O) groups excluding carboxylic acids is 2. The van der Waals surface area contributed by atoms with Crippen molar-refractivity contribution >= 4 is 30.0 Å². The number of rotatable bonds is 5. The molecule has 0 saturated carbocycles.